The van der Waals surface area contributed by atoms with E-state index in [1.807, 2.05) is 18.7 Å². The van der Waals surface area contributed by atoms with E-state index in [0.717, 1.165) is 6.54 Å². The second-order valence-corrected chi connectivity index (χ2v) is 3.21. The summed E-state index contributed by atoms with van der Waals surface area (Å²) in [6, 6.07) is 0. The fourth-order valence-electron chi connectivity index (χ4n) is 1.32. The van der Waals surface area contributed by atoms with Crippen LogP contribution in [0.1, 0.15) is 39.0 Å². The van der Waals surface area contributed by atoms with E-state index in [9.17, 15) is 0 Å². The summed E-state index contributed by atoms with van der Waals surface area (Å²) in [7, 11) is 0. The smallest absolute Gasteiger partial charge is 0.0945 e. The summed E-state index contributed by atoms with van der Waals surface area (Å²) in [6.07, 6.45) is 12.5. The van der Waals surface area contributed by atoms with Crippen LogP contribution in [0, 0.1) is 0 Å². The van der Waals surface area contributed by atoms with Gasteiger partial charge in [-0.15, -0.1) is 0 Å². The molecule has 13 heavy (non-hydrogen) atoms. The average Bonchev–Trinajstić information content (AvgIpc) is 2.57. The van der Waals surface area contributed by atoms with Crippen molar-refractivity contribution in [2.45, 2.75) is 45.6 Å². The van der Waals surface area contributed by atoms with Gasteiger partial charge in [-0.25, -0.2) is 4.98 Å². The molecule has 0 aliphatic rings. The molecule has 0 radical (unpaired) electrons. The summed E-state index contributed by atoms with van der Waals surface area (Å²) in [5.41, 5.74) is 0. The number of rotatable bonds is 6. The molecule has 1 aromatic rings. The molecule has 76 valence electrons. The van der Waals surface area contributed by atoms with Crippen LogP contribution in [0.5, 0.6) is 0 Å². The van der Waals surface area contributed by atoms with Gasteiger partial charge in [0.05, 0.1) is 6.33 Å². The lowest BCUT2D eigenvalue weighted by molar-refractivity contribution is 0.568. The van der Waals surface area contributed by atoms with Crippen molar-refractivity contribution in [3.63, 3.8) is 0 Å². The lowest BCUT2D eigenvalue weighted by Gasteiger charge is -2.00. The van der Waals surface area contributed by atoms with Crippen LogP contribution in [0.4, 0.5) is 0 Å². The van der Waals surface area contributed by atoms with E-state index in [0.29, 0.717) is 0 Å². The van der Waals surface area contributed by atoms with E-state index in [4.69, 9.17) is 0 Å². The summed E-state index contributed by atoms with van der Waals surface area (Å²) < 4.78 is 2.14. The zero-order valence-corrected chi connectivity index (χ0v) is 8.37. The van der Waals surface area contributed by atoms with Crippen LogP contribution in [0.15, 0.2) is 18.7 Å². The highest BCUT2D eigenvalue weighted by molar-refractivity contribution is 4.73. The second-order valence-electron chi connectivity index (χ2n) is 3.21. The van der Waals surface area contributed by atoms with Crippen molar-refractivity contribution in [3.8, 4) is 0 Å². The van der Waals surface area contributed by atoms with Crippen LogP contribution in [0.3, 0.4) is 0 Å². The van der Waals surface area contributed by atoms with E-state index in [1.165, 1.54) is 32.1 Å². The van der Waals surface area contributed by atoms with Crippen LogP contribution in [-0.4, -0.2) is 15.0 Å². The Kier molecular flexibility index (Phi) is 7.30. The number of hydrogen-bond donors (Lipinski definition) is 0. The Morgan fingerprint density at radius 2 is 1.92 bits per heavy atom. The zero-order chi connectivity index (χ0) is 8.65. The molecule has 0 aliphatic carbocycles. The number of unbranched alkanes of at least 4 members (excludes halogenated alkanes) is 4. The van der Waals surface area contributed by atoms with E-state index >= 15 is 0 Å². The Hall–Kier alpha value is -0.830. The van der Waals surface area contributed by atoms with E-state index in [1.54, 1.807) is 0 Å². The number of aromatic nitrogens is 2. The molecular weight excluding hydrogens is 164 g/mol. The van der Waals surface area contributed by atoms with Gasteiger partial charge in [0.1, 0.15) is 0 Å². The van der Waals surface area contributed by atoms with Gasteiger partial charge in [-0.05, 0) is 6.42 Å². The van der Waals surface area contributed by atoms with Crippen LogP contribution in [0.2, 0.25) is 0 Å². The first-order valence-electron chi connectivity index (χ1n) is 4.89. The van der Waals surface area contributed by atoms with Crippen molar-refractivity contribution in [2.24, 2.45) is 0 Å². The van der Waals surface area contributed by atoms with Crippen LogP contribution in [0.25, 0.3) is 0 Å². The Labute approximate surface area is 80.1 Å². The molecule has 3 heteroatoms. The summed E-state index contributed by atoms with van der Waals surface area (Å²) in [6.45, 7) is 3.37. The van der Waals surface area contributed by atoms with Crippen molar-refractivity contribution in [1.82, 2.24) is 9.55 Å². The van der Waals surface area contributed by atoms with Crippen LogP contribution < -0.4 is 0 Å². The van der Waals surface area contributed by atoms with Crippen molar-refractivity contribution in [2.75, 3.05) is 0 Å². The minimum Gasteiger partial charge on any atom is -0.412 e. The highest BCUT2D eigenvalue weighted by atomic mass is 16.0. The van der Waals surface area contributed by atoms with E-state index in [-0.39, 0.29) is 5.48 Å². The van der Waals surface area contributed by atoms with Gasteiger partial charge < -0.3 is 10.0 Å². The summed E-state index contributed by atoms with van der Waals surface area (Å²) in [5.74, 6) is 0. The molecule has 0 saturated carbocycles. The molecule has 0 atom stereocenters. The normalized spacial score (nSPS) is 9.62. The Morgan fingerprint density at radius 1 is 1.15 bits per heavy atom. The fourth-order valence-corrected chi connectivity index (χ4v) is 1.32. The van der Waals surface area contributed by atoms with Crippen LogP contribution >= 0.6 is 0 Å². The quantitative estimate of drug-likeness (QED) is 0.624. The van der Waals surface area contributed by atoms with Crippen molar-refractivity contribution >= 4 is 0 Å². The van der Waals surface area contributed by atoms with Gasteiger partial charge >= 0.3 is 0 Å². The molecule has 0 unspecified atom stereocenters. The Bertz CT molecular complexity index is 185. The monoisotopic (exact) mass is 184 g/mol. The summed E-state index contributed by atoms with van der Waals surface area (Å²) in [4.78, 5) is 4.00. The first-order chi connectivity index (χ1) is 5.93. The third-order valence-electron chi connectivity index (χ3n) is 2.08. The largest absolute Gasteiger partial charge is 0.412 e. The minimum absolute atomic E-state index is 0. The molecule has 0 aliphatic heterocycles. The molecular formula is C10H20N2O. The topological polar surface area (TPSA) is 49.3 Å². The van der Waals surface area contributed by atoms with Crippen LogP contribution in [-0.2, 0) is 6.54 Å². The van der Waals surface area contributed by atoms with Gasteiger partial charge in [-0.3, -0.25) is 0 Å². The molecule has 0 bridgehead atoms. The molecule has 0 spiro atoms. The number of nitrogens with zero attached hydrogens (tertiary/aromatic N) is 2. The minimum atomic E-state index is 0. The molecule has 0 fully saturated rings. The lowest BCUT2D eigenvalue weighted by Crippen LogP contribution is -1.93. The number of hydrogen-bond acceptors (Lipinski definition) is 1. The van der Waals surface area contributed by atoms with Crippen molar-refractivity contribution in [1.29, 1.82) is 0 Å². The molecule has 1 rings (SSSR count). The molecule has 1 aromatic heterocycles. The zero-order valence-electron chi connectivity index (χ0n) is 8.37. The highest BCUT2D eigenvalue weighted by Crippen LogP contribution is 2.03. The van der Waals surface area contributed by atoms with Gasteiger partial charge in [0, 0.05) is 18.9 Å². The number of imidazole rings is 1. The Balaban J connectivity index is 0.00000144. The molecule has 2 N–H and O–H groups in total. The maximum atomic E-state index is 4.00. The summed E-state index contributed by atoms with van der Waals surface area (Å²) in [5, 5.41) is 0. The molecule has 0 aromatic carbocycles. The summed E-state index contributed by atoms with van der Waals surface area (Å²) >= 11 is 0. The predicted octanol–water partition coefficient (Wildman–Crippen LogP) is 2.03. The lowest BCUT2D eigenvalue weighted by atomic mass is 10.1. The average molecular weight is 184 g/mol. The first kappa shape index (κ1) is 12.2. The van der Waals surface area contributed by atoms with E-state index in [2.05, 4.69) is 16.5 Å². The van der Waals surface area contributed by atoms with Gasteiger partial charge in [-0.2, -0.15) is 0 Å². The molecule has 0 amide bonds. The molecule has 1 heterocycles. The molecule has 0 saturated heterocycles. The Morgan fingerprint density at radius 3 is 2.54 bits per heavy atom. The number of aryl methyl sites for hydroxylation is 1. The standard InChI is InChI=1S/C10H18N2.H2O/c1-2-3-4-5-6-8-12-9-7-11-10-12;/h7,9-10H,2-6,8H2,1H3;1H2. The maximum absolute atomic E-state index is 4.00. The molecule has 3 nitrogen and oxygen atoms in total. The third kappa shape index (κ3) is 5.42. The van der Waals surface area contributed by atoms with E-state index < -0.39 is 0 Å². The second kappa shape index (κ2) is 7.80. The van der Waals surface area contributed by atoms with Gasteiger partial charge in [0.2, 0.25) is 0 Å². The SMILES string of the molecule is CCCCCCCn1ccnc1.O. The first-order valence-corrected chi connectivity index (χ1v) is 4.89. The maximum Gasteiger partial charge on any atom is 0.0945 e. The fraction of sp³-hybridized carbons (Fsp3) is 0.700. The van der Waals surface area contributed by atoms with Gasteiger partial charge in [0.15, 0.2) is 0 Å². The van der Waals surface area contributed by atoms with Gasteiger partial charge in [0.25, 0.3) is 0 Å². The highest BCUT2D eigenvalue weighted by Gasteiger charge is 1.90. The third-order valence-corrected chi connectivity index (χ3v) is 2.08. The predicted molar refractivity (Wildman–Crippen MR) is 54.6 cm³/mol. The van der Waals surface area contributed by atoms with Gasteiger partial charge in [-0.1, -0.05) is 32.6 Å². The van der Waals surface area contributed by atoms with Crippen molar-refractivity contribution < 1.29 is 5.48 Å². The van der Waals surface area contributed by atoms with Crippen molar-refractivity contribution in [3.05, 3.63) is 18.7 Å².